The first-order valence-corrected chi connectivity index (χ1v) is 10.9. The van der Waals surface area contributed by atoms with E-state index in [0.717, 1.165) is 16.9 Å². The minimum absolute atomic E-state index is 0.0369. The van der Waals surface area contributed by atoms with Crippen LogP contribution in [0.15, 0.2) is 66.7 Å². The molecule has 0 aliphatic heterocycles. The van der Waals surface area contributed by atoms with Crippen LogP contribution in [0.5, 0.6) is 5.75 Å². The van der Waals surface area contributed by atoms with Crippen LogP contribution in [-0.2, 0) is 11.3 Å². The molecule has 4 rings (SSSR count). The number of rotatable bonds is 7. The van der Waals surface area contributed by atoms with Crippen LogP contribution in [0.1, 0.15) is 41.0 Å². The molecule has 0 fully saturated rings. The van der Waals surface area contributed by atoms with Crippen molar-refractivity contribution >= 4 is 16.9 Å². The lowest BCUT2D eigenvalue weighted by Gasteiger charge is -2.19. The number of imidazole rings is 1. The van der Waals surface area contributed by atoms with Gasteiger partial charge in [0.25, 0.3) is 5.91 Å². The molecule has 5 nitrogen and oxygen atoms in total. The third-order valence-corrected chi connectivity index (χ3v) is 5.72. The summed E-state index contributed by atoms with van der Waals surface area (Å²) in [5, 5.41) is 3.04. The first-order valence-electron chi connectivity index (χ1n) is 10.9. The summed E-state index contributed by atoms with van der Waals surface area (Å²) < 4.78 is 7.80. The zero-order valence-corrected chi connectivity index (χ0v) is 19.1. The molecule has 1 heterocycles. The quantitative estimate of drug-likeness (QED) is 0.437. The molecule has 0 saturated heterocycles. The second-order valence-corrected chi connectivity index (χ2v) is 8.31. The molecule has 164 valence electrons. The van der Waals surface area contributed by atoms with Gasteiger partial charge in [-0.25, -0.2) is 4.98 Å². The molecule has 0 radical (unpaired) electrons. The maximum Gasteiger partial charge on any atom is 0.258 e. The number of aryl methyl sites for hydroxylation is 3. The Labute approximate surface area is 189 Å². The molecule has 0 saturated carbocycles. The van der Waals surface area contributed by atoms with Crippen LogP contribution in [-0.4, -0.2) is 22.1 Å². The van der Waals surface area contributed by atoms with Gasteiger partial charge in [-0.1, -0.05) is 48.0 Å². The summed E-state index contributed by atoms with van der Waals surface area (Å²) in [6, 6.07) is 21.6. The van der Waals surface area contributed by atoms with Gasteiger partial charge in [-0.2, -0.15) is 0 Å². The number of hydrogen-bond donors (Lipinski definition) is 1. The van der Waals surface area contributed by atoms with E-state index in [1.54, 1.807) is 0 Å². The minimum atomic E-state index is -0.264. The molecular formula is C27H29N3O2. The number of carbonyl (C=O) groups excluding carboxylic acids is 1. The van der Waals surface area contributed by atoms with Gasteiger partial charge in [0.05, 0.1) is 17.1 Å². The normalized spacial score (nSPS) is 12.0. The van der Waals surface area contributed by atoms with Crippen molar-refractivity contribution in [3.05, 3.63) is 94.8 Å². The number of fused-ring (bicyclic) bond motifs is 1. The first-order chi connectivity index (χ1) is 15.4. The lowest BCUT2D eigenvalue weighted by atomic mass is 9.99. The Kier molecular flexibility index (Phi) is 6.26. The molecule has 32 heavy (non-hydrogen) atoms. The van der Waals surface area contributed by atoms with E-state index < -0.39 is 0 Å². The molecule has 0 aliphatic rings. The molecule has 1 N–H and O–H groups in total. The van der Waals surface area contributed by atoms with Crippen molar-refractivity contribution in [3.8, 4) is 5.75 Å². The molecule has 0 spiro atoms. The van der Waals surface area contributed by atoms with Crippen molar-refractivity contribution in [2.24, 2.45) is 0 Å². The van der Waals surface area contributed by atoms with E-state index in [4.69, 9.17) is 9.72 Å². The second-order valence-electron chi connectivity index (χ2n) is 8.31. The predicted molar refractivity (Wildman–Crippen MR) is 128 cm³/mol. The molecule has 0 bridgehead atoms. The Balaban J connectivity index is 1.59. The number of nitrogens with one attached hydrogen (secondary N) is 1. The first kappa shape index (κ1) is 21.6. The second kappa shape index (κ2) is 9.27. The number of hydrogen-bond acceptors (Lipinski definition) is 3. The van der Waals surface area contributed by atoms with Crippen LogP contribution in [0.25, 0.3) is 11.0 Å². The maximum absolute atomic E-state index is 12.6. The average molecular weight is 428 g/mol. The Hall–Kier alpha value is -3.60. The number of benzene rings is 3. The Morgan fingerprint density at radius 2 is 1.66 bits per heavy atom. The van der Waals surface area contributed by atoms with Crippen molar-refractivity contribution < 1.29 is 9.53 Å². The lowest BCUT2D eigenvalue weighted by molar-refractivity contribution is -0.123. The smallest absolute Gasteiger partial charge is 0.258 e. The van der Waals surface area contributed by atoms with Crippen molar-refractivity contribution in [1.82, 2.24) is 14.9 Å². The number of aromatic nitrogens is 2. The number of amides is 1. The van der Waals surface area contributed by atoms with Gasteiger partial charge in [-0.3, -0.25) is 4.79 Å². The van der Waals surface area contributed by atoms with Crippen molar-refractivity contribution in [2.45, 2.75) is 40.3 Å². The standard InChI is InChI=1S/C27H29N3O2/c1-18-14-19(2)23(20(3)15-18)16-30-25-13-9-8-12-24(25)29-27(30)21(4)28-26(31)17-32-22-10-6-5-7-11-22/h5-15,21H,16-17H2,1-4H3,(H,28,31). The van der Waals surface area contributed by atoms with Crippen LogP contribution in [0.2, 0.25) is 0 Å². The van der Waals surface area contributed by atoms with E-state index in [2.05, 4.69) is 48.9 Å². The van der Waals surface area contributed by atoms with Gasteiger partial charge in [-0.05, 0) is 68.7 Å². The van der Waals surface area contributed by atoms with E-state index in [1.807, 2.05) is 55.5 Å². The predicted octanol–water partition coefficient (Wildman–Crippen LogP) is 5.27. The third-order valence-electron chi connectivity index (χ3n) is 5.72. The Morgan fingerprint density at radius 3 is 2.38 bits per heavy atom. The topological polar surface area (TPSA) is 56.2 Å². The van der Waals surface area contributed by atoms with Crippen LogP contribution in [0.4, 0.5) is 0 Å². The van der Waals surface area contributed by atoms with E-state index in [0.29, 0.717) is 12.3 Å². The van der Waals surface area contributed by atoms with Gasteiger partial charge in [0.1, 0.15) is 11.6 Å². The molecule has 1 amide bonds. The van der Waals surface area contributed by atoms with E-state index >= 15 is 0 Å². The van der Waals surface area contributed by atoms with Gasteiger partial charge in [0.2, 0.25) is 0 Å². The highest BCUT2D eigenvalue weighted by molar-refractivity contribution is 5.79. The molecule has 5 heteroatoms. The van der Waals surface area contributed by atoms with Crippen molar-refractivity contribution in [1.29, 1.82) is 0 Å². The van der Waals surface area contributed by atoms with Gasteiger partial charge in [0, 0.05) is 6.54 Å². The van der Waals surface area contributed by atoms with Gasteiger partial charge in [0.15, 0.2) is 6.61 Å². The number of para-hydroxylation sites is 3. The van der Waals surface area contributed by atoms with Crippen LogP contribution in [0.3, 0.4) is 0 Å². The van der Waals surface area contributed by atoms with E-state index in [-0.39, 0.29) is 18.6 Å². The summed E-state index contributed by atoms with van der Waals surface area (Å²) in [6.45, 7) is 9.06. The van der Waals surface area contributed by atoms with Gasteiger partial charge in [-0.15, -0.1) is 0 Å². The summed E-state index contributed by atoms with van der Waals surface area (Å²) in [4.78, 5) is 17.4. The van der Waals surface area contributed by atoms with Gasteiger partial charge < -0.3 is 14.6 Å². The summed E-state index contributed by atoms with van der Waals surface area (Å²) in [7, 11) is 0. The molecule has 1 unspecified atom stereocenters. The molecule has 1 atom stereocenters. The SMILES string of the molecule is Cc1cc(C)c(Cn2c(C(C)NC(=O)COc3ccccc3)nc3ccccc32)c(C)c1. The highest BCUT2D eigenvalue weighted by Crippen LogP contribution is 2.25. The van der Waals surface area contributed by atoms with E-state index in [1.165, 1.54) is 22.3 Å². The highest BCUT2D eigenvalue weighted by Gasteiger charge is 2.20. The van der Waals surface area contributed by atoms with Crippen molar-refractivity contribution in [2.75, 3.05) is 6.61 Å². The average Bonchev–Trinajstić information content (AvgIpc) is 3.14. The highest BCUT2D eigenvalue weighted by atomic mass is 16.5. The van der Waals surface area contributed by atoms with Crippen LogP contribution >= 0.6 is 0 Å². The molecule has 1 aromatic heterocycles. The molecular weight excluding hydrogens is 398 g/mol. The minimum Gasteiger partial charge on any atom is -0.484 e. The third kappa shape index (κ3) is 4.67. The zero-order chi connectivity index (χ0) is 22.7. The zero-order valence-electron chi connectivity index (χ0n) is 19.1. The molecule has 4 aromatic rings. The summed E-state index contributed by atoms with van der Waals surface area (Å²) >= 11 is 0. The molecule has 3 aromatic carbocycles. The Bertz CT molecular complexity index is 1220. The summed E-state index contributed by atoms with van der Waals surface area (Å²) in [5.74, 6) is 1.33. The van der Waals surface area contributed by atoms with Crippen molar-refractivity contribution in [3.63, 3.8) is 0 Å². The van der Waals surface area contributed by atoms with Crippen LogP contribution in [0, 0.1) is 20.8 Å². The lowest BCUT2D eigenvalue weighted by Crippen LogP contribution is -2.32. The van der Waals surface area contributed by atoms with E-state index in [9.17, 15) is 4.79 Å². The number of carbonyl (C=O) groups is 1. The summed E-state index contributed by atoms with van der Waals surface area (Å²) in [5.41, 5.74) is 7.05. The summed E-state index contributed by atoms with van der Waals surface area (Å²) in [6.07, 6.45) is 0. The monoisotopic (exact) mass is 427 g/mol. The van der Waals surface area contributed by atoms with Gasteiger partial charge >= 0.3 is 0 Å². The number of ether oxygens (including phenoxy) is 1. The number of nitrogens with zero attached hydrogens (tertiary/aromatic N) is 2. The fourth-order valence-corrected chi connectivity index (χ4v) is 4.22. The largest absolute Gasteiger partial charge is 0.484 e. The molecule has 0 aliphatic carbocycles. The fraction of sp³-hybridized carbons (Fsp3) is 0.259. The fourth-order valence-electron chi connectivity index (χ4n) is 4.22. The maximum atomic E-state index is 12.6. The van der Waals surface area contributed by atoms with Crippen LogP contribution < -0.4 is 10.1 Å². The Morgan fingerprint density at radius 1 is 1.00 bits per heavy atom.